The summed E-state index contributed by atoms with van der Waals surface area (Å²) >= 11 is 0. The van der Waals surface area contributed by atoms with Crippen LogP contribution in [0, 0.1) is 17.7 Å². The van der Waals surface area contributed by atoms with Crippen molar-refractivity contribution >= 4 is 21.7 Å². The Balaban J connectivity index is 1.66. The maximum absolute atomic E-state index is 14.8. The summed E-state index contributed by atoms with van der Waals surface area (Å²) in [5.41, 5.74) is -3.79. The number of sulfone groups is 1. The summed E-state index contributed by atoms with van der Waals surface area (Å²) < 4.78 is 95.9. The molecule has 1 aliphatic heterocycles. The second-order valence-electron chi connectivity index (χ2n) is 10.6. The van der Waals surface area contributed by atoms with Gasteiger partial charge < -0.3 is 0 Å². The summed E-state index contributed by atoms with van der Waals surface area (Å²) in [5, 5.41) is 2.53. The Morgan fingerprint density at radius 3 is 2.28 bits per heavy atom. The first kappa shape index (κ1) is 27.5. The van der Waals surface area contributed by atoms with Crippen LogP contribution >= 0.6 is 0 Å². The van der Waals surface area contributed by atoms with Crippen LogP contribution in [0.25, 0.3) is 0 Å². The van der Waals surface area contributed by atoms with Crippen LogP contribution in [0.2, 0.25) is 0 Å². The highest BCUT2D eigenvalue weighted by atomic mass is 32.2. The van der Waals surface area contributed by atoms with Crippen molar-refractivity contribution in [2.24, 2.45) is 11.8 Å². The molecule has 2 aliphatic carbocycles. The molecule has 2 aromatic rings. The van der Waals surface area contributed by atoms with Gasteiger partial charge in [0.25, 0.3) is 0 Å². The zero-order chi connectivity index (χ0) is 28.5. The van der Waals surface area contributed by atoms with Crippen LogP contribution in [0.5, 0.6) is 0 Å². The Morgan fingerprint density at radius 2 is 1.69 bits per heavy atom. The van der Waals surface area contributed by atoms with Crippen molar-refractivity contribution in [1.82, 2.24) is 10.0 Å². The summed E-state index contributed by atoms with van der Waals surface area (Å²) in [6.07, 6.45) is -4.61. The highest BCUT2D eigenvalue weighted by Crippen LogP contribution is 2.60. The lowest BCUT2D eigenvalue weighted by Crippen LogP contribution is -2.49. The van der Waals surface area contributed by atoms with E-state index in [1.807, 2.05) is 0 Å². The third-order valence-electron chi connectivity index (χ3n) is 8.71. The van der Waals surface area contributed by atoms with Crippen LogP contribution in [0.3, 0.4) is 0 Å². The van der Waals surface area contributed by atoms with E-state index in [0.717, 1.165) is 36.4 Å². The van der Waals surface area contributed by atoms with E-state index in [2.05, 4.69) is 0 Å². The molecule has 2 aromatic carbocycles. The predicted molar refractivity (Wildman–Crippen MR) is 130 cm³/mol. The second-order valence-corrected chi connectivity index (χ2v) is 12.8. The van der Waals surface area contributed by atoms with Crippen LogP contribution in [-0.2, 0) is 36.3 Å². The number of nitrogens with zero attached hydrogens (tertiary/aromatic N) is 2. The molecule has 0 radical (unpaired) electrons. The first-order valence-corrected chi connectivity index (χ1v) is 14.1. The second kappa shape index (κ2) is 9.00. The number of rotatable bonds is 4. The number of alkyl halides is 4. The van der Waals surface area contributed by atoms with Crippen molar-refractivity contribution < 1.29 is 40.0 Å². The topological polar surface area (TPSA) is 74.8 Å². The summed E-state index contributed by atoms with van der Waals surface area (Å²) in [4.78, 5) is 25.5. The van der Waals surface area contributed by atoms with E-state index in [4.69, 9.17) is 0 Å². The van der Waals surface area contributed by atoms with Crippen molar-refractivity contribution in [3.05, 3.63) is 65.0 Å². The Bertz CT molecular complexity index is 1440. The average Bonchev–Trinajstić information content (AvgIpc) is 3.44. The molecule has 0 N–H and O–H groups in total. The number of amides is 2. The van der Waals surface area contributed by atoms with Gasteiger partial charge >= 0.3 is 6.18 Å². The van der Waals surface area contributed by atoms with E-state index in [9.17, 15) is 40.0 Å². The number of aryl methyl sites for hydroxylation is 1. The minimum atomic E-state index is -5.18. The largest absolute Gasteiger partial charge is 0.426 e. The normalized spacial score (nSPS) is 26.8. The van der Waals surface area contributed by atoms with Gasteiger partial charge in [-0.2, -0.15) is 13.2 Å². The lowest BCUT2D eigenvalue weighted by atomic mass is 9.72. The summed E-state index contributed by atoms with van der Waals surface area (Å²) in [7, 11) is -2.85. The molecule has 1 unspecified atom stereocenters. The lowest BCUT2D eigenvalue weighted by molar-refractivity contribution is -0.228. The number of fused-ring (bicyclic) bond motifs is 3. The maximum atomic E-state index is 14.8. The molecule has 6 nitrogen and oxygen atoms in total. The molecule has 39 heavy (non-hydrogen) atoms. The van der Waals surface area contributed by atoms with Crippen molar-refractivity contribution in [1.29, 1.82) is 0 Å². The molecule has 0 bridgehead atoms. The highest BCUT2D eigenvalue weighted by molar-refractivity contribution is 7.92. The van der Waals surface area contributed by atoms with Crippen LogP contribution in [0.4, 0.5) is 22.0 Å². The van der Waals surface area contributed by atoms with Gasteiger partial charge in [0.2, 0.25) is 17.5 Å². The fraction of sp³-hybridized carbons (Fsp3) is 0.481. The van der Waals surface area contributed by atoms with Gasteiger partial charge in [-0.15, -0.1) is 0 Å². The molecule has 3 aliphatic rings. The Labute approximate surface area is 222 Å². The molecular formula is C27H27F5N2O4S. The third kappa shape index (κ3) is 3.96. The molecular weight excluding hydrogens is 543 g/mol. The van der Waals surface area contributed by atoms with Crippen molar-refractivity contribution in [2.75, 3.05) is 13.6 Å². The number of hydrazine groups is 1. The molecule has 0 aromatic heterocycles. The maximum Gasteiger partial charge on any atom is 0.426 e. The van der Waals surface area contributed by atoms with Gasteiger partial charge in [0.05, 0.1) is 11.4 Å². The SMILES string of the molecule is CN1C(=O)CCN1C(=O)[C@@H]1CC[C@@]2(S(=O)(=O)c3ccc(F)cc3)c3ccc(C(C)(F)C(F)(F)F)cc3CC[C@@H]12. The number of hydrogen-bond acceptors (Lipinski definition) is 4. The smallest absolute Gasteiger partial charge is 0.273 e. The van der Waals surface area contributed by atoms with Gasteiger partial charge in [0.15, 0.2) is 9.84 Å². The van der Waals surface area contributed by atoms with Crippen LogP contribution in [0.1, 0.15) is 49.3 Å². The molecule has 2 fully saturated rings. The summed E-state index contributed by atoms with van der Waals surface area (Å²) in [5.74, 6) is -2.82. The molecule has 0 spiro atoms. The van der Waals surface area contributed by atoms with Gasteiger partial charge in [-0.1, -0.05) is 18.2 Å². The van der Waals surface area contributed by atoms with Crippen molar-refractivity contribution in [2.45, 2.75) is 60.5 Å². The van der Waals surface area contributed by atoms with E-state index in [-0.39, 0.29) is 60.6 Å². The predicted octanol–water partition coefficient (Wildman–Crippen LogP) is 4.82. The quantitative estimate of drug-likeness (QED) is 0.390. The molecule has 5 rings (SSSR count). The number of carbonyl (C=O) groups excluding carboxylic acids is 2. The molecule has 1 saturated carbocycles. The molecule has 210 valence electrons. The number of benzene rings is 2. The minimum Gasteiger partial charge on any atom is -0.273 e. The Morgan fingerprint density at radius 1 is 1.03 bits per heavy atom. The van der Waals surface area contributed by atoms with E-state index in [1.165, 1.54) is 23.1 Å². The zero-order valence-electron chi connectivity index (χ0n) is 21.3. The van der Waals surface area contributed by atoms with Gasteiger partial charge in [-0.05, 0) is 79.5 Å². The first-order valence-electron chi connectivity index (χ1n) is 12.6. The standard InChI is InChI=1S/C27H27F5N2O4S/c1-25(29,27(30,31)32)17-4-10-21-16(15-17)3-9-22-20(24(36)34-14-12-23(35)33(34)2)11-13-26(21,22)39(37,38)19-7-5-18(28)6-8-19/h4-8,10,15,20,22H,3,9,11-14H2,1-2H3/t20-,22+,25?,26-/m1/s1. The molecule has 1 heterocycles. The van der Waals surface area contributed by atoms with Gasteiger partial charge in [-0.3, -0.25) is 19.6 Å². The fourth-order valence-electron chi connectivity index (χ4n) is 6.53. The van der Waals surface area contributed by atoms with Crippen molar-refractivity contribution in [3.8, 4) is 0 Å². The molecule has 4 atom stereocenters. The minimum absolute atomic E-state index is 0.0161. The van der Waals surface area contributed by atoms with Crippen molar-refractivity contribution in [3.63, 3.8) is 0 Å². The van der Waals surface area contributed by atoms with E-state index < -0.39 is 55.6 Å². The third-order valence-corrected chi connectivity index (χ3v) is 11.3. The summed E-state index contributed by atoms with van der Waals surface area (Å²) in [6, 6.07) is 7.53. The monoisotopic (exact) mass is 570 g/mol. The number of hydrogen-bond donors (Lipinski definition) is 0. The Hall–Kier alpha value is -3.02. The van der Waals surface area contributed by atoms with E-state index in [0.29, 0.717) is 6.92 Å². The zero-order valence-corrected chi connectivity index (χ0v) is 22.1. The number of halogens is 5. The van der Waals surface area contributed by atoms with E-state index in [1.54, 1.807) is 0 Å². The van der Waals surface area contributed by atoms with Crippen LogP contribution in [0.15, 0.2) is 47.4 Å². The molecule has 1 saturated heterocycles. The Kier molecular flexibility index (Phi) is 6.36. The molecule has 12 heteroatoms. The van der Waals surface area contributed by atoms with Gasteiger partial charge in [-0.25, -0.2) is 17.2 Å². The first-order chi connectivity index (χ1) is 18.1. The average molecular weight is 571 g/mol. The van der Waals surface area contributed by atoms with Gasteiger partial charge in [0.1, 0.15) is 10.6 Å². The number of carbonyl (C=O) groups is 2. The van der Waals surface area contributed by atoms with Crippen LogP contribution < -0.4 is 0 Å². The summed E-state index contributed by atoms with van der Waals surface area (Å²) in [6.45, 7) is 0.588. The van der Waals surface area contributed by atoms with Crippen LogP contribution in [-0.4, -0.2) is 50.0 Å². The molecule has 2 amide bonds. The fourth-order valence-corrected chi connectivity index (χ4v) is 9.00. The van der Waals surface area contributed by atoms with Gasteiger partial charge in [0, 0.05) is 19.4 Å². The van der Waals surface area contributed by atoms with E-state index >= 15 is 0 Å². The lowest BCUT2D eigenvalue weighted by Gasteiger charge is -2.43. The highest BCUT2D eigenvalue weighted by Gasteiger charge is 2.63.